The Bertz CT molecular complexity index is 1560. The normalized spacial score (nSPS) is 13.0. The van der Waals surface area contributed by atoms with Crippen molar-refractivity contribution in [1.82, 2.24) is 4.57 Å². The third kappa shape index (κ3) is 1.69. The van der Waals surface area contributed by atoms with E-state index in [0.29, 0.717) is 11.3 Å². The summed E-state index contributed by atoms with van der Waals surface area (Å²) < 4.78 is 8.71. The lowest BCUT2D eigenvalue weighted by Gasteiger charge is -2.33. The van der Waals surface area contributed by atoms with Gasteiger partial charge in [-0.2, -0.15) is 5.26 Å². The second-order valence-electron chi connectivity index (χ2n) is 7.66. The Kier molecular flexibility index (Phi) is 2.64. The van der Waals surface area contributed by atoms with Crippen LogP contribution < -0.4 is 21.1 Å². The lowest BCUT2D eigenvalue weighted by atomic mass is 9.34. The van der Waals surface area contributed by atoms with Gasteiger partial charge in [0, 0.05) is 16.5 Å². The molecule has 29 heavy (non-hydrogen) atoms. The Morgan fingerprint density at radius 3 is 2.55 bits per heavy atom. The van der Waals surface area contributed by atoms with Crippen LogP contribution in [-0.4, -0.2) is 11.3 Å². The molecule has 132 valence electrons. The van der Waals surface area contributed by atoms with E-state index in [1.807, 2.05) is 12.1 Å². The van der Waals surface area contributed by atoms with Crippen LogP contribution >= 0.6 is 0 Å². The van der Waals surface area contributed by atoms with Crippen LogP contribution in [0.5, 0.6) is 11.5 Å². The van der Waals surface area contributed by atoms with Gasteiger partial charge in [0.1, 0.15) is 17.6 Å². The highest BCUT2D eigenvalue weighted by Gasteiger charge is 2.40. The monoisotopic (exact) mass is 368 g/mol. The van der Waals surface area contributed by atoms with Gasteiger partial charge in [-0.25, -0.2) is 0 Å². The van der Waals surface area contributed by atoms with Crippen LogP contribution in [0, 0.1) is 11.3 Å². The molecule has 0 radical (unpaired) electrons. The second kappa shape index (κ2) is 5.09. The van der Waals surface area contributed by atoms with Gasteiger partial charge < -0.3 is 9.30 Å². The minimum Gasteiger partial charge on any atom is -0.457 e. The molecule has 0 aliphatic carbocycles. The molecule has 2 aliphatic rings. The number of nitriles is 1. The molecule has 1 aromatic heterocycles. The van der Waals surface area contributed by atoms with Gasteiger partial charge in [-0.05, 0) is 46.7 Å². The fraction of sp³-hybridized carbons (Fsp3) is 0. The summed E-state index contributed by atoms with van der Waals surface area (Å²) in [6.45, 7) is 0.0544. The molecule has 7 rings (SSSR count). The number of hydrogen-bond donors (Lipinski definition) is 0. The lowest BCUT2D eigenvalue weighted by Crippen LogP contribution is -2.58. The summed E-state index contributed by atoms with van der Waals surface area (Å²) in [6, 6.07) is 29.5. The molecule has 0 spiro atoms. The zero-order chi connectivity index (χ0) is 19.1. The number of benzene rings is 4. The van der Waals surface area contributed by atoms with E-state index in [1.54, 1.807) is 0 Å². The Morgan fingerprint density at radius 1 is 0.793 bits per heavy atom. The van der Waals surface area contributed by atoms with Gasteiger partial charge in [0.2, 0.25) is 0 Å². The summed E-state index contributed by atoms with van der Waals surface area (Å²) in [5, 5.41) is 12.1. The molecule has 0 amide bonds. The number of rotatable bonds is 0. The summed E-state index contributed by atoms with van der Waals surface area (Å²) in [5.41, 5.74) is 7.70. The molecule has 0 unspecified atom stereocenters. The minimum atomic E-state index is 0.0544. The van der Waals surface area contributed by atoms with Crippen molar-refractivity contribution >= 4 is 44.9 Å². The SMILES string of the molecule is N#Cc1cccc2c1Oc1ccc3c4ccccc4n4c3c1B2c1ccccc1-4. The fourth-order valence-corrected chi connectivity index (χ4v) is 5.19. The lowest BCUT2D eigenvalue weighted by molar-refractivity contribution is 0.486. The molecule has 4 heteroatoms. The Hall–Kier alpha value is -3.97. The number of nitrogens with zero attached hydrogens (tertiary/aromatic N) is 2. The molecule has 3 nitrogen and oxygen atoms in total. The fourth-order valence-electron chi connectivity index (χ4n) is 5.19. The van der Waals surface area contributed by atoms with Crippen LogP contribution in [-0.2, 0) is 0 Å². The van der Waals surface area contributed by atoms with Crippen molar-refractivity contribution in [3.05, 3.63) is 84.4 Å². The van der Waals surface area contributed by atoms with Crippen LogP contribution in [0.15, 0.2) is 78.9 Å². The van der Waals surface area contributed by atoms with Gasteiger partial charge in [0.15, 0.2) is 0 Å². The van der Waals surface area contributed by atoms with Crippen molar-refractivity contribution < 1.29 is 4.74 Å². The number of hydrogen-bond acceptors (Lipinski definition) is 2. The molecule has 5 aromatic rings. The van der Waals surface area contributed by atoms with Crippen LogP contribution in [0.4, 0.5) is 0 Å². The number of fused-ring (bicyclic) bond motifs is 8. The van der Waals surface area contributed by atoms with E-state index in [2.05, 4.69) is 77.4 Å². The number of aromatic nitrogens is 1. The van der Waals surface area contributed by atoms with Crippen molar-refractivity contribution in [2.24, 2.45) is 0 Å². The minimum absolute atomic E-state index is 0.0544. The van der Waals surface area contributed by atoms with E-state index in [9.17, 15) is 5.26 Å². The predicted molar refractivity (Wildman–Crippen MR) is 117 cm³/mol. The first-order chi connectivity index (χ1) is 14.4. The summed E-state index contributed by atoms with van der Waals surface area (Å²) in [4.78, 5) is 0. The summed E-state index contributed by atoms with van der Waals surface area (Å²) in [6.07, 6.45) is 0. The van der Waals surface area contributed by atoms with E-state index in [4.69, 9.17) is 4.74 Å². The smallest absolute Gasteiger partial charge is 0.256 e. The molecule has 3 heterocycles. The maximum absolute atomic E-state index is 9.64. The standard InChI is InChI=1S/C25H13BN2O/c27-14-15-6-5-9-19-25(15)29-22-13-12-17-16-7-1-3-10-20(16)28-21-11-4-2-8-18(21)26(19)23(22)24(17)28/h1-13H. The molecular formula is C25H13BN2O. The highest BCUT2D eigenvalue weighted by molar-refractivity contribution is 6.99. The Balaban J connectivity index is 1.74. The van der Waals surface area contributed by atoms with E-state index in [0.717, 1.165) is 11.2 Å². The van der Waals surface area contributed by atoms with Crippen LogP contribution in [0.25, 0.3) is 27.5 Å². The Labute approximate surface area is 167 Å². The van der Waals surface area contributed by atoms with Crippen molar-refractivity contribution in [1.29, 1.82) is 5.26 Å². The molecule has 0 saturated carbocycles. The topological polar surface area (TPSA) is 37.9 Å². The van der Waals surface area contributed by atoms with Crippen molar-refractivity contribution in [3.63, 3.8) is 0 Å². The Morgan fingerprint density at radius 2 is 1.62 bits per heavy atom. The quantitative estimate of drug-likeness (QED) is 0.384. The van der Waals surface area contributed by atoms with Gasteiger partial charge in [0.05, 0.1) is 16.6 Å². The molecule has 0 saturated heterocycles. The van der Waals surface area contributed by atoms with Crippen LogP contribution in [0.2, 0.25) is 0 Å². The van der Waals surface area contributed by atoms with E-state index in [1.165, 1.54) is 38.4 Å². The van der Waals surface area contributed by atoms with Gasteiger partial charge in [-0.3, -0.25) is 0 Å². The van der Waals surface area contributed by atoms with Gasteiger partial charge in [-0.1, -0.05) is 48.5 Å². The average Bonchev–Trinajstić information content (AvgIpc) is 3.12. The summed E-state index contributed by atoms with van der Waals surface area (Å²) in [5.74, 6) is 1.53. The zero-order valence-corrected chi connectivity index (χ0v) is 15.4. The molecule has 0 fully saturated rings. The first kappa shape index (κ1) is 15.0. The van der Waals surface area contributed by atoms with Gasteiger partial charge in [0.25, 0.3) is 6.71 Å². The number of para-hydroxylation sites is 3. The van der Waals surface area contributed by atoms with Gasteiger partial charge >= 0.3 is 0 Å². The summed E-state index contributed by atoms with van der Waals surface area (Å²) in [7, 11) is 0. The van der Waals surface area contributed by atoms with Crippen molar-refractivity contribution in [2.75, 3.05) is 0 Å². The molecule has 4 aromatic carbocycles. The van der Waals surface area contributed by atoms with Gasteiger partial charge in [-0.15, -0.1) is 0 Å². The third-order valence-electron chi connectivity index (χ3n) is 6.30. The average molecular weight is 368 g/mol. The summed E-state index contributed by atoms with van der Waals surface area (Å²) >= 11 is 0. The zero-order valence-electron chi connectivity index (χ0n) is 15.4. The van der Waals surface area contributed by atoms with E-state index >= 15 is 0 Å². The number of ether oxygens (including phenoxy) is 1. The molecular weight excluding hydrogens is 355 g/mol. The highest BCUT2D eigenvalue weighted by Crippen LogP contribution is 2.38. The van der Waals surface area contributed by atoms with Crippen LogP contribution in [0.1, 0.15) is 5.56 Å². The predicted octanol–water partition coefficient (Wildman–Crippen LogP) is 3.59. The van der Waals surface area contributed by atoms with Crippen molar-refractivity contribution in [2.45, 2.75) is 0 Å². The third-order valence-corrected chi connectivity index (χ3v) is 6.30. The molecule has 2 aliphatic heterocycles. The highest BCUT2D eigenvalue weighted by atomic mass is 16.5. The van der Waals surface area contributed by atoms with Crippen molar-refractivity contribution in [3.8, 4) is 23.3 Å². The second-order valence-corrected chi connectivity index (χ2v) is 7.66. The molecule has 0 N–H and O–H groups in total. The molecule has 0 atom stereocenters. The van der Waals surface area contributed by atoms with E-state index in [-0.39, 0.29) is 6.71 Å². The first-order valence-electron chi connectivity index (χ1n) is 9.73. The first-order valence-corrected chi connectivity index (χ1v) is 9.73. The largest absolute Gasteiger partial charge is 0.457 e. The molecule has 0 bridgehead atoms. The van der Waals surface area contributed by atoms with Crippen LogP contribution in [0.3, 0.4) is 0 Å². The maximum Gasteiger partial charge on any atom is 0.256 e. The maximum atomic E-state index is 9.64. The van der Waals surface area contributed by atoms with E-state index < -0.39 is 0 Å².